The highest BCUT2D eigenvalue weighted by Crippen LogP contribution is 2.37. The summed E-state index contributed by atoms with van der Waals surface area (Å²) in [6, 6.07) is 7.02. The van der Waals surface area contributed by atoms with Crippen LogP contribution in [0.5, 0.6) is 0 Å². The van der Waals surface area contributed by atoms with Crippen LogP contribution < -0.4 is 5.32 Å². The number of piperidine rings is 1. The highest BCUT2D eigenvalue weighted by molar-refractivity contribution is 9.10. The molecule has 96 valence electrons. The lowest BCUT2D eigenvalue weighted by molar-refractivity contribution is 0.398. The van der Waals surface area contributed by atoms with E-state index in [0.29, 0.717) is 6.04 Å². The maximum atomic E-state index is 3.81. The van der Waals surface area contributed by atoms with Gasteiger partial charge in [0.1, 0.15) is 0 Å². The largest absolute Gasteiger partial charge is 0.345 e. The van der Waals surface area contributed by atoms with Crippen molar-refractivity contribution in [2.75, 3.05) is 6.54 Å². The van der Waals surface area contributed by atoms with E-state index >= 15 is 0 Å². The molecule has 1 saturated heterocycles. The van der Waals surface area contributed by atoms with Crippen molar-refractivity contribution >= 4 is 26.8 Å². The van der Waals surface area contributed by atoms with Gasteiger partial charge in [0.2, 0.25) is 0 Å². The predicted octanol–water partition coefficient (Wildman–Crippen LogP) is 4.06. The summed E-state index contributed by atoms with van der Waals surface area (Å²) in [5, 5.41) is 4.98. The second-order valence-electron chi connectivity index (χ2n) is 5.23. The van der Waals surface area contributed by atoms with Crippen LogP contribution in [0.25, 0.3) is 10.9 Å². The molecule has 2 nitrogen and oxygen atoms in total. The SMILES string of the molecule is Cc1cccc2c(Br)c(C3CCCCN3)n(C)c12. The number of rotatable bonds is 1. The zero-order valence-electron chi connectivity index (χ0n) is 11.0. The molecule has 2 heterocycles. The molecule has 1 aliphatic heterocycles. The molecule has 0 amide bonds. The van der Waals surface area contributed by atoms with Gasteiger partial charge in [0, 0.05) is 28.6 Å². The van der Waals surface area contributed by atoms with Crippen molar-refractivity contribution in [3.05, 3.63) is 33.9 Å². The van der Waals surface area contributed by atoms with Crippen molar-refractivity contribution < 1.29 is 0 Å². The van der Waals surface area contributed by atoms with E-state index < -0.39 is 0 Å². The average Bonchev–Trinajstić information content (AvgIpc) is 2.64. The van der Waals surface area contributed by atoms with Gasteiger partial charge in [-0.15, -0.1) is 0 Å². The minimum atomic E-state index is 0.491. The number of hydrogen-bond donors (Lipinski definition) is 1. The number of aryl methyl sites for hydroxylation is 2. The van der Waals surface area contributed by atoms with E-state index in [9.17, 15) is 0 Å². The van der Waals surface area contributed by atoms with E-state index in [1.54, 1.807) is 0 Å². The Kier molecular flexibility index (Phi) is 3.20. The van der Waals surface area contributed by atoms with Gasteiger partial charge in [-0.2, -0.15) is 0 Å². The Balaban J connectivity index is 2.20. The van der Waals surface area contributed by atoms with Gasteiger partial charge >= 0.3 is 0 Å². The Labute approximate surface area is 116 Å². The summed E-state index contributed by atoms with van der Waals surface area (Å²) >= 11 is 3.81. The maximum absolute atomic E-state index is 3.81. The summed E-state index contributed by atoms with van der Waals surface area (Å²) in [5.41, 5.74) is 4.10. The van der Waals surface area contributed by atoms with Crippen LogP contribution in [-0.2, 0) is 7.05 Å². The van der Waals surface area contributed by atoms with Gasteiger partial charge in [0.15, 0.2) is 0 Å². The summed E-state index contributed by atoms with van der Waals surface area (Å²) in [5.74, 6) is 0. The second kappa shape index (κ2) is 4.71. The summed E-state index contributed by atoms with van der Waals surface area (Å²) in [6.45, 7) is 3.32. The van der Waals surface area contributed by atoms with Crippen molar-refractivity contribution in [2.24, 2.45) is 7.05 Å². The first kappa shape index (κ1) is 12.2. The zero-order valence-corrected chi connectivity index (χ0v) is 12.5. The number of fused-ring (bicyclic) bond motifs is 1. The molecular formula is C15H19BrN2. The first-order chi connectivity index (χ1) is 8.70. The lowest BCUT2D eigenvalue weighted by atomic mass is 10.0. The first-order valence-corrected chi connectivity index (χ1v) is 7.46. The summed E-state index contributed by atoms with van der Waals surface area (Å²) in [7, 11) is 2.19. The monoisotopic (exact) mass is 306 g/mol. The van der Waals surface area contributed by atoms with E-state index in [1.165, 1.54) is 45.9 Å². The lowest BCUT2D eigenvalue weighted by Gasteiger charge is -2.24. The van der Waals surface area contributed by atoms with Crippen LogP contribution in [-0.4, -0.2) is 11.1 Å². The fourth-order valence-electron chi connectivity index (χ4n) is 3.16. The van der Waals surface area contributed by atoms with Gasteiger partial charge in [-0.1, -0.05) is 24.6 Å². The third kappa shape index (κ3) is 1.81. The minimum Gasteiger partial charge on any atom is -0.345 e. The Morgan fingerprint density at radius 3 is 2.83 bits per heavy atom. The third-order valence-corrected chi connectivity index (χ3v) is 4.87. The molecule has 1 fully saturated rings. The number of hydrogen-bond acceptors (Lipinski definition) is 1. The van der Waals surface area contributed by atoms with Gasteiger partial charge in [0.25, 0.3) is 0 Å². The second-order valence-corrected chi connectivity index (χ2v) is 6.02. The molecule has 1 aromatic carbocycles. The van der Waals surface area contributed by atoms with Crippen molar-refractivity contribution in [3.8, 4) is 0 Å². The van der Waals surface area contributed by atoms with Crippen LogP contribution >= 0.6 is 15.9 Å². The van der Waals surface area contributed by atoms with Gasteiger partial charge in [-0.25, -0.2) is 0 Å². The molecule has 0 spiro atoms. The molecule has 1 atom stereocenters. The molecule has 2 aromatic rings. The standard InChI is InChI=1S/C15H19BrN2/c1-10-6-5-7-11-13(16)15(18(2)14(10)11)12-8-3-4-9-17-12/h5-7,12,17H,3-4,8-9H2,1-2H3. The van der Waals surface area contributed by atoms with E-state index in [4.69, 9.17) is 0 Å². The van der Waals surface area contributed by atoms with Crippen LogP contribution in [0.4, 0.5) is 0 Å². The molecule has 18 heavy (non-hydrogen) atoms. The minimum absolute atomic E-state index is 0.491. The molecule has 3 rings (SSSR count). The van der Waals surface area contributed by atoms with E-state index in [1.807, 2.05) is 0 Å². The first-order valence-electron chi connectivity index (χ1n) is 6.67. The summed E-state index contributed by atoms with van der Waals surface area (Å²) in [6.07, 6.45) is 3.86. The molecular weight excluding hydrogens is 288 g/mol. The van der Waals surface area contributed by atoms with E-state index in [-0.39, 0.29) is 0 Å². The summed E-state index contributed by atoms with van der Waals surface area (Å²) < 4.78 is 3.63. The molecule has 1 unspecified atom stereocenters. The van der Waals surface area contributed by atoms with E-state index in [0.717, 1.165) is 6.54 Å². The number of aromatic nitrogens is 1. The van der Waals surface area contributed by atoms with Gasteiger partial charge in [0.05, 0.1) is 5.52 Å². The number of halogens is 1. The van der Waals surface area contributed by atoms with Crippen LogP contribution in [0.2, 0.25) is 0 Å². The van der Waals surface area contributed by atoms with Crippen molar-refractivity contribution in [2.45, 2.75) is 32.2 Å². The average molecular weight is 307 g/mol. The highest BCUT2D eigenvalue weighted by atomic mass is 79.9. The van der Waals surface area contributed by atoms with Crippen molar-refractivity contribution in [1.29, 1.82) is 0 Å². The van der Waals surface area contributed by atoms with Crippen LogP contribution in [0.3, 0.4) is 0 Å². The number of para-hydroxylation sites is 1. The van der Waals surface area contributed by atoms with Crippen LogP contribution in [0.15, 0.2) is 22.7 Å². The molecule has 1 N–H and O–H groups in total. The fraction of sp³-hybridized carbons (Fsp3) is 0.467. The normalized spacial score (nSPS) is 20.5. The zero-order chi connectivity index (χ0) is 12.7. The molecule has 0 bridgehead atoms. The molecule has 0 aliphatic carbocycles. The predicted molar refractivity (Wildman–Crippen MR) is 80.0 cm³/mol. The Morgan fingerprint density at radius 1 is 1.33 bits per heavy atom. The van der Waals surface area contributed by atoms with Crippen LogP contribution in [0.1, 0.15) is 36.6 Å². The van der Waals surface area contributed by atoms with Gasteiger partial charge in [-0.05, 0) is 47.8 Å². The molecule has 1 aliphatic rings. The van der Waals surface area contributed by atoms with Gasteiger partial charge < -0.3 is 9.88 Å². The molecule has 1 aromatic heterocycles. The Hall–Kier alpha value is -0.800. The topological polar surface area (TPSA) is 17.0 Å². The highest BCUT2D eigenvalue weighted by Gasteiger charge is 2.23. The Morgan fingerprint density at radius 2 is 2.17 bits per heavy atom. The fourth-order valence-corrected chi connectivity index (χ4v) is 4.02. The van der Waals surface area contributed by atoms with Crippen molar-refractivity contribution in [1.82, 2.24) is 9.88 Å². The number of benzene rings is 1. The van der Waals surface area contributed by atoms with Gasteiger partial charge in [-0.3, -0.25) is 0 Å². The Bertz CT molecular complexity index is 580. The number of nitrogens with zero attached hydrogens (tertiary/aromatic N) is 1. The van der Waals surface area contributed by atoms with Crippen LogP contribution in [0, 0.1) is 6.92 Å². The maximum Gasteiger partial charge on any atom is 0.0521 e. The molecule has 0 radical (unpaired) electrons. The molecule has 0 saturated carbocycles. The number of nitrogens with one attached hydrogen (secondary N) is 1. The van der Waals surface area contributed by atoms with E-state index in [2.05, 4.69) is 58.0 Å². The smallest absolute Gasteiger partial charge is 0.0521 e. The quantitative estimate of drug-likeness (QED) is 0.840. The third-order valence-electron chi connectivity index (χ3n) is 4.04. The van der Waals surface area contributed by atoms with Crippen molar-refractivity contribution in [3.63, 3.8) is 0 Å². The molecule has 3 heteroatoms. The lowest BCUT2D eigenvalue weighted by Crippen LogP contribution is -2.28. The summed E-state index contributed by atoms with van der Waals surface area (Å²) in [4.78, 5) is 0.